The number of aliphatic hydroxyl groups is 1. The summed E-state index contributed by atoms with van der Waals surface area (Å²) in [7, 11) is 7.87. The Bertz CT molecular complexity index is 1280. The van der Waals surface area contributed by atoms with Crippen LogP contribution in [-0.4, -0.2) is 72.9 Å². The molecule has 0 fully saturated rings. The minimum Gasteiger partial charge on any atom is -0.503 e. The van der Waals surface area contributed by atoms with Crippen LogP contribution in [0.15, 0.2) is 65.9 Å². The number of benzene rings is 2. The fourth-order valence-corrected chi connectivity index (χ4v) is 5.43. The molecular formula is C28H32N4O3S. The second-order valence-corrected chi connectivity index (χ2v) is 10.4. The summed E-state index contributed by atoms with van der Waals surface area (Å²) in [6.07, 6.45) is 0.720. The van der Waals surface area contributed by atoms with Crippen LogP contribution in [0.25, 0.3) is 10.6 Å². The molecule has 1 unspecified atom stereocenters. The van der Waals surface area contributed by atoms with E-state index in [0.29, 0.717) is 17.1 Å². The lowest BCUT2D eigenvalue weighted by atomic mass is 9.94. The number of aryl methyl sites for hydroxylation is 1. The van der Waals surface area contributed by atoms with Gasteiger partial charge in [0.1, 0.15) is 5.01 Å². The van der Waals surface area contributed by atoms with Crippen LogP contribution in [0.5, 0.6) is 0 Å². The highest BCUT2D eigenvalue weighted by Crippen LogP contribution is 2.41. The van der Waals surface area contributed by atoms with E-state index in [4.69, 9.17) is 0 Å². The Morgan fingerprint density at radius 2 is 1.72 bits per heavy atom. The predicted octanol–water partition coefficient (Wildman–Crippen LogP) is 4.71. The number of aliphatic hydroxyl groups excluding tert-OH is 1. The number of thiazole rings is 1. The van der Waals surface area contributed by atoms with Crippen molar-refractivity contribution in [2.45, 2.75) is 19.4 Å². The Morgan fingerprint density at radius 1 is 1.06 bits per heavy atom. The van der Waals surface area contributed by atoms with Gasteiger partial charge in [-0.25, -0.2) is 4.98 Å². The number of hydrogen-bond acceptors (Lipinski definition) is 7. The lowest BCUT2D eigenvalue weighted by molar-refractivity contribution is -0.129. The average Bonchev–Trinajstić information content (AvgIpc) is 3.37. The van der Waals surface area contributed by atoms with E-state index in [1.807, 2.05) is 92.6 Å². The van der Waals surface area contributed by atoms with Gasteiger partial charge < -0.3 is 19.8 Å². The monoisotopic (exact) mass is 504 g/mol. The van der Waals surface area contributed by atoms with Crippen LogP contribution >= 0.6 is 11.3 Å². The molecule has 36 heavy (non-hydrogen) atoms. The molecule has 0 bridgehead atoms. The van der Waals surface area contributed by atoms with Crippen molar-refractivity contribution in [1.29, 1.82) is 0 Å². The van der Waals surface area contributed by atoms with Crippen molar-refractivity contribution in [1.82, 2.24) is 14.8 Å². The number of anilines is 1. The molecule has 188 valence electrons. The molecular weight excluding hydrogens is 472 g/mol. The molecule has 0 saturated carbocycles. The molecule has 2 aromatic carbocycles. The van der Waals surface area contributed by atoms with Crippen LogP contribution in [0.1, 0.15) is 33.4 Å². The number of nitrogens with zero attached hydrogens (tertiary/aromatic N) is 4. The molecule has 3 aromatic rings. The van der Waals surface area contributed by atoms with E-state index in [1.54, 1.807) is 11.8 Å². The number of hydrogen-bond donors (Lipinski definition) is 1. The third-order valence-electron chi connectivity index (χ3n) is 6.30. The first kappa shape index (κ1) is 25.6. The fourth-order valence-electron chi connectivity index (χ4n) is 4.41. The van der Waals surface area contributed by atoms with Gasteiger partial charge in [-0.3, -0.25) is 9.59 Å². The van der Waals surface area contributed by atoms with Gasteiger partial charge in [-0.2, -0.15) is 0 Å². The van der Waals surface area contributed by atoms with Crippen molar-refractivity contribution >= 4 is 28.7 Å². The van der Waals surface area contributed by atoms with Crippen molar-refractivity contribution in [2.24, 2.45) is 0 Å². The zero-order valence-corrected chi connectivity index (χ0v) is 22.2. The van der Waals surface area contributed by atoms with Crippen LogP contribution in [0.3, 0.4) is 0 Å². The van der Waals surface area contributed by atoms with Crippen LogP contribution in [-0.2, 0) is 4.79 Å². The normalized spacial score (nSPS) is 15.8. The Kier molecular flexibility index (Phi) is 7.56. The van der Waals surface area contributed by atoms with Gasteiger partial charge in [-0.05, 0) is 51.7 Å². The van der Waals surface area contributed by atoms with Gasteiger partial charge in [0, 0.05) is 31.9 Å². The van der Waals surface area contributed by atoms with Crippen molar-refractivity contribution in [3.63, 3.8) is 0 Å². The molecule has 0 radical (unpaired) electrons. The Balaban J connectivity index is 1.74. The molecule has 7 nitrogen and oxygen atoms in total. The summed E-state index contributed by atoms with van der Waals surface area (Å²) < 4.78 is 0. The van der Waals surface area contributed by atoms with E-state index in [-0.39, 0.29) is 11.4 Å². The molecule has 0 aliphatic carbocycles. The van der Waals surface area contributed by atoms with Crippen LogP contribution in [0.4, 0.5) is 5.69 Å². The number of carbonyl (C=O) groups excluding carboxylic acids is 2. The first-order valence-electron chi connectivity index (χ1n) is 11.9. The van der Waals surface area contributed by atoms with E-state index in [1.165, 1.54) is 11.3 Å². The van der Waals surface area contributed by atoms with E-state index >= 15 is 0 Å². The molecule has 1 N–H and O–H groups in total. The van der Waals surface area contributed by atoms with Crippen molar-refractivity contribution in [2.75, 3.05) is 46.2 Å². The van der Waals surface area contributed by atoms with Gasteiger partial charge in [0.15, 0.2) is 5.76 Å². The van der Waals surface area contributed by atoms with Gasteiger partial charge in [-0.15, -0.1) is 11.3 Å². The zero-order valence-electron chi connectivity index (χ0n) is 21.4. The Labute approximate surface area is 216 Å². The van der Waals surface area contributed by atoms with E-state index in [9.17, 15) is 14.7 Å². The summed E-state index contributed by atoms with van der Waals surface area (Å²) in [6, 6.07) is 16.8. The van der Waals surface area contributed by atoms with Gasteiger partial charge >= 0.3 is 0 Å². The highest BCUT2D eigenvalue weighted by Gasteiger charge is 2.44. The highest BCUT2D eigenvalue weighted by atomic mass is 32.1. The molecule has 1 aliphatic rings. The van der Waals surface area contributed by atoms with Gasteiger partial charge in [-0.1, -0.05) is 42.5 Å². The average molecular weight is 505 g/mol. The maximum atomic E-state index is 13.9. The fraction of sp³-hybridized carbons (Fsp3) is 0.321. The molecule has 0 spiro atoms. The molecule has 1 aliphatic heterocycles. The number of ketones is 1. The zero-order chi connectivity index (χ0) is 26.0. The summed E-state index contributed by atoms with van der Waals surface area (Å²) in [5.41, 5.74) is 3.43. The summed E-state index contributed by atoms with van der Waals surface area (Å²) in [6.45, 7) is 3.00. The number of amides is 1. The topological polar surface area (TPSA) is 77.0 Å². The van der Waals surface area contributed by atoms with E-state index in [2.05, 4.69) is 4.98 Å². The van der Waals surface area contributed by atoms with E-state index in [0.717, 1.165) is 34.8 Å². The van der Waals surface area contributed by atoms with Crippen LogP contribution < -0.4 is 4.90 Å². The van der Waals surface area contributed by atoms with Crippen molar-refractivity contribution in [3.8, 4) is 10.6 Å². The molecule has 1 amide bonds. The van der Waals surface area contributed by atoms with E-state index < -0.39 is 17.7 Å². The Hall–Kier alpha value is -3.49. The maximum Gasteiger partial charge on any atom is 0.290 e. The predicted molar refractivity (Wildman–Crippen MR) is 145 cm³/mol. The molecule has 8 heteroatoms. The summed E-state index contributed by atoms with van der Waals surface area (Å²) in [5, 5.41) is 11.7. The van der Waals surface area contributed by atoms with Crippen molar-refractivity contribution < 1.29 is 14.7 Å². The SMILES string of the molecule is Cc1nc(-c2ccccc2)sc1C(=O)C1=C(O)C(=O)N(CCCN(C)C)C1c1ccc(N(C)C)cc1. The minimum absolute atomic E-state index is 0.119. The first-order valence-corrected chi connectivity index (χ1v) is 12.7. The minimum atomic E-state index is -0.662. The Morgan fingerprint density at radius 3 is 2.33 bits per heavy atom. The molecule has 1 atom stereocenters. The molecule has 2 heterocycles. The summed E-state index contributed by atoms with van der Waals surface area (Å²) >= 11 is 1.29. The largest absolute Gasteiger partial charge is 0.503 e. The van der Waals surface area contributed by atoms with Crippen LogP contribution in [0, 0.1) is 6.92 Å². The third kappa shape index (κ3) is 5.05. The number of Topliss-reactive ketones (excluding diaryl/α,β-unsaturated/α-hetero) is 1. The lowest BCUT2D eigenvalue weighted by Crippen LogP contribution is -2.33. The summed E-state index contributed by atoms with van der Waals surface area (Å²) in [5.74, 6) is -1.33. The quantitative estimate of drug-likeness (QED) is 0.425. The van der Waals surface area contributed by atoms with Gasteiger partial charge in [0.05, 0.1) is 22.2 Å². The van der Waals surface area contributed by atoms with Gasteiger partial charge in [0.25, 0.3) is 5.91 Å². The summed E-state index contributed by atoms with van der Waals surface area (Å²) in [4.78, 5) is 37.9. The van der Waals surface area contributed by atoms with Crippen molar-refractivity contribution in [3.05, 3.63) is 82.1 Å². The molecule has 1 aromatic heterocycles. The second kappa shape index (κ2) is 10.6. The molecule has 4 rings (SSSR count). The third-order valence-corrected chi connectivity index (χ3v) is 7.51. The number of carbonyl (C=O) groups is 2. The maximum absolute atomic E-state index is 13.9. The lowest BCUT2D eigenvalue weighted by Gasteiger charge is -2.27. The number of aromatic nitrogens is 1. The number of rotatable bonds is 9. The standard InChI is InChI=1S/C28H32N4O3S/c1-18-26(36-27(29-18)20-10-7-6-8-11-20)24(33)22-23(19-12-14-21(15-13-19)31(4)5)32(28(35)25(22)34)17-9-16-30(2)3/h6-8,10-15,23,34H,9,16-17H2,1-5H3. The highest BCUT2D eigenvalue weighted by molar-refractivity contribution is 7.17. The smallest absolute Gasteiger partial charge is 0.290 e. The first-order chi connectivity index (χ1) is 17.2. The molecule has 0 saturated heterocycles. The van der Waals surface area contributed by atoms with Crippen LogP contribution in [0.2, 0.25) is 0 Å². The second-order valence-electron chi connectivity index (χ2n) is 9.43. The van der Waals surface area contributed by atoms with Gasteiger partial charge in [0.2, 0.25) is 5.78 Å².